The Hall–Kier alpha value is -2.44. The van der Waals surface area contributed by atoms with Crippen molar-refractivity contribution in [3.05, 3.63) is 47.0 Å². The van der Waals surface area contributed by atoms with Gasteiger partial charge in [0, 0.05) is 18.5 Å². The van der Waals surface area contributed by atoms with Crippen LogP contribution in [0.25, 0.3) is 0 Å². The van der Waals surface area contributed by atoms with Crippen molar-refractivity contribution < 1.29 is 13.8 Å². The molecule has 1 atom stereocenters. The maximum absolute atomic E-state index is 13.1. The van der Waals surface area contributed by atoms with Crippen molar-refractivity contribution in [2.45, 2.75) is 32.2 Å². The standard InChI is InChI=1S/C16H19FN4O2/c1-11-14(20-23-19-11)9-18-15(22)21-8-7-16(2,10-21)12-3-5-13(17)6-4-12/h3-6H,7-10H2,1-2H3,(H,18,22). The molecule has 0 aliphatic carbocycles. The summed E-state index contributed by atoms with van der Waals surface area (Å²) in [7, 11) is 0. The second-order valence-electron chi connectivity index (χ2n) is 6.19. The molecule has 1 aromatic carbocycles. The minimum absolute atomic E-state index is 0.141. The molecule has 0 spiro atoms. The van der Waals surface area contributed by atoms with E-state index in [9.17, 15) is 9.18 Å². The van der Waals surface area contributed by atoms with Crippen molar-refractivity contribution >= 4 is 6.03 Å². The van der Waals surface area contributed by atoms with Crippen LogP contribution < -0.4 is 5.32 Å². The average Bonchev–Trinajstić information content (AvgIpc) is 3.12. The van der Waals surface area contributed by atoms with E-state index in [1.807, 2.05) is 0 Å². The number of carbonyl (C=O) groups is 1. The van der Waals surface area contributed by atoms with Crippen molar-refractivity contribution in [1.29, 1.82) is 0 Å². The van der Waals surface area contributed by atoms with E-state index in [2.05, 4.69) is 27.2 Å². The third-order valence-electron chi connectivity index (χ3n) is 4.46. The summed E-state index contributed by atoms with van der Waals surface area (Å²) in [4.78, 5) is 14.1. The van der Waals surface area contributed by atoms with Crippen LogP contribution in [0.1, 0.15) is 30.3 Å². The van der Waals surface area contributed by atoms with E-state index in [4.69, 9.17) is 0 Å². The number of aryl methyl sites for hydroxylation is 1. The second-order valence-corrected chi connectivity index (χ2v) is 6.19. The van der Waals surface area contributed by atoms with Crippen LogP contribution in [0, 0.1) is 12.7 Å². The average molecular weight is 318 g/mol. The molecule has 2 amide bonds. The number of rotatable bonds is 3. The minimum atomic E-state index is -0.249. The summed E-state index contributed by atoms with van der Waals surface area (Å²) in [5, 5.41) is 10.3. The molecule has 2 heterocycles. The number of hydrogen-bond donors (Lipinski definition) is 1. The Morgan fingerprint density at radius 1 is 1.39 bits per heavy atom. The van der Waals surface area contributed by atoms with E-state index in [0.29, 0.717) is 24.5 Å². The second kappa shape index (κ2) is 5.98. The number of nitrogens with one attached hydrogen (secondary N) is 1. The molecule has 1 aliphatic heterocycles. The highest BCUT2D eigenvalue weighted by molar-refractivity contribution is 5.74. The zero-order valence-electron chi connectivity index (χ0n) is 13.2. The summed E-state index contributed by atoms with van der Waals surface area (Å²) in [6.45, 7) is 5.42. The molecule has 0 saturated carbocycles. The number of benzene rings is 1. The highest BCUT2D eigenvalue weighted by Gasteiger charge is 2.37. The molecule has 1 saturated heterocycles. The highest BCUT2D eigenvalue weighted by Crippen LogP contribution is 2.34. The van der Waals surface area contributed by atoms with Gasteiger partial charge in [0.2, 0.25) is 0 Å². The normalized spacial score (nSPS) is 20.7. The Morgan fingerprint density at radius 2 is 2.13 bits per heavy atom. The number of halogens is 1. The Balaban J connectivity index is 1.61. The lowest BCUT2D eigenvalue weighted by Gasteiger charge is -2.25. The van der Waals surface area contributed by atoms with E-state index >= 15 is 0 Å². The van der Waals surface area contributed by atoms with Crippen LogP contribution in [0.2, 0.25) is 0 Å². The van der Waals surface area contributed by atoms with Crippen LogP contribution in [0.3, 0.4) is 0 Å². The van der Waals surface area contributed by atoms with Crippen molar-refractivity contribution in [2.24, 2.45) is 0 Å². The number of urea groups is 1. The lowest BCUT2D eigenvalue weighted by Crippen LogP contribution is -2.40. The van der Waals surface area contributed by atoms with Gasteiger partial charge in [0.15, 0.2) is 0 Å². The minimum Gasteiger partial charge on any atom is -0.332 e. The molecule has 3 rings (SSSR count). The molecule has 1 aliphatic rings. The van der Waals surface area contributed by atoms with Gasteiger partial charge in [-0.2, -0.15) is 0 Å². The van der Waals surface area contributed by atoms with Gasteiger partial charge in [-0.3, -0.25) is 0 Å². The third-order valence-corrected chi connectivity index (χ3v) is 4.46. The topological polar surface area (TPSA) is 71.3 Å². The number of hydrogen-bond acceptors (Lipinski definition) is 4. The Bertz CT molecular complexity index is 700. The summed E-state index contributed by atoms with van der Waals surface area (Å²) >= 11 is 0. The predicted octanol–water partition coefficient (Wildman–Crippen LogP) is 2.39. The summed E-state index contributed by atoms with van der Waals surface area (Å²) in [6, 6.07) is 6.37. The molecule has 1 fully saturated rings. The van der Waals surface area contributed by atoms with Gasteiger partial charge in [0.25, 0.3) is 0 Å². The maximum Gasteiger partial charge on any atom is 0.317 e. The summed E-state index contributed by atoms with van der Waals surface area (Å²) in [5.74, 6) is -0.249. The van der Waals surface area contributed by atoms with Crippen LogP contribution in [0.5, 0.6) is 0 Å². The van der Waals surface area contributed by atoms with Crippen LogP contribution >= 0.6 is 0 Å². The van der Waals surface area contributed by atoms with Gasteiger partial charge in [0.1, 0.15) is 17.2 Å². The summed E-state index contributed by atoms with van der Waals surface area (Å²) in [6.07, 6.45) is 0.844. The Labute approximate surface area is 133 Å². The quantitative estimate of drug-likeness (QED) is 0.943. The van der Waals surface area contributed by atoms with Gasteiger partial charge in [-0.25, -0.2) is 13.8 Å². The lowest BCUT2D eigenvalue weighted by atomic mass is 9.82. The molecule has 2 aromatic rings. The van der Waals surface area contributed by atoms with Crippen LogP contribution in [-0.4, -0.2) is 34.3 Å². The molecule has 1 unspecified atom stereocenters. The Kier molecular flexibility index (Phi) is 4.02. The van der Waals surface area contributed by atoms with E-state index < -0.39 is 0 Å². The number of carbonyl (C=O) groups excluding carboxylic acids is 1. The van der Waals surface area contributed by atoms with Crippen molar-refractivity contribution in [3.8, 4) is 0 Å². The fourth-order valence-electron chi connectivity index (χ4n) is 2.90. The van der Waals surface area contributed by atoms with Gasteiger partial charge in [0.05, 0.1) is 6.54 Å². The molecule has 7 heteroatoms. The highest BCUT2D eigenvalue weighted by atomic mass is 19.1. The molecule has 6 nitrogen and oxygen atoms in total. The van der Waals surface area contributed by atoms with E-state index in [-0.39, 0.29) is 23.8 Å². The van der Waals surface area contributed by atoms with Crippen molar-refractivity contribution in [1.82, 2.24) is 20.5 Å². The molecule has 122 valence electrons. The van der Waals surface area contributed by atoms with Gasteiger partial charge in [-0.1, -0.05) is 29.4 Å². The van der Waals surface area contributed by atoms with E-state index in [1.54, 1.807) is 24.0 Å². The third kappa shape index (κ3) is 3.18. The summed E-state index contributed by atoms with van der Waals surface area (Å²) < 4.78 is 17.7. The molecule has 0 radical (unpaired) electrons. The molecule has 23 heavy (non-hydrogen) atoms. The van der Waals surface area contributed by atoms with Crippen LogP contribution in [0.15, 0.2) is 28.9 Å². The van der Waals surface area contributed by atoms with Crippen molar-refractivity contribution in [2.75, 3.05) is 13.1 Å². The molecule has 1 aromatic heterocycles. The first kappa shape index (κ1) is 15.5. The fraction of sp³-hybridized carbons (Fsp3) is 0.438. The van der Waals surface area contributed by atoms with Crippen molar-refractivity contribution in [3.63, 3.8) is 0 Å². The lowest BCUT2D eigenvalue weighted by molar-refractivity contribution is 0.205. The number of likely N-dealkylation sites (tertiary alicyclic amines) is 1. The smallest absolute Gasteiger partial charge is 0.317 e. The number of aromatic nitrogens is 2. The van der Waals surface area contributed by atoms with E-state index in [0.717, 1.165) is 12.0 Å². The predicted molar refractivity (Wildman–Crippen MR) is 81.2 cm³/mol. The van der Waals surface area contributed by atoms with Gasteiger partial charge in [-0.05, 0) is 31.0 Å². The Morgan fingerprint density at radius 3 is 2.78 bits per heavy atom. The molecule has 0 bridgehead atoms. The largest absolute Gasteiger partial charge is 0.332 e. The van der Waals surface area contributed by atoms with Crippen LogP contribution in [-0.2, 0) is 12.0 Å². The monoisotopic (exact) mass is 318 g/mol. The maximum atomic E-state index is 13.1. The zero-order chi connectivity index (χ0) is 16.4. The van der Waals surface area contributed by atoms with E-state index in [1.165, 1.54) is 12.1 Å². The van der Waals surface area contributed by atoms with Crippen LogP contribution in [0.4, 0.5) is 9.18 Å². The number of nitrogens with zero attached hydrogens (tertiary/aromatic N) is 3. The molecular weight excluding hydrogens is 299 g/mol. The van der Waals surface area contributed by atoms with Gasteiger partial charge >= 0.3 is 6.03 Å². The number of amides is 2. The first-order chi connectivity index (χ1) is 11.0. The first-order valence-electron chi connectivity index (χ1n) is 7.55. The molecule has 1 N–H and O–H groups in total. The molecular formula is C16H19FN4O2. The fourth-order valence-corrected chi connectivity index (χ4v) is 2.90. The zero-order valence-corrected chi connectivity index (χ0v) is 13.2. The summed E-state index contributed by atoms with van der Waals surface area (Å²) in [5.41, 5.74) is 2.18. The SMILES string of the molecule is Cc1nonc1CNC(=O)N1CCC(C)(c2ccc(F)cc2)C1. The first-order valence-corrected chi connectivity index (χ1v) is 7.55. The van der Waals surface area contributed by atoms with Gasteiger partial charge in [-0.15, -0.1) is 0 Å². The van der Waals surface area contributed by atoms with Gasteiger partial charge < -0.3 is 10.2 Å².